The molecule has 47 heavy (non-hydrogen) atoms. The molecule has 0 aromatic rings. The topological polar surface area (TPSA) is 32.3 Å². The van der Waals surface area contributed by atoms with E-state index in [2.05, 4.69) is 63.6 Å². The standard InChI is InChI=1S/C38H62N2OS.C3H6.C2H6/c1-27-8-10-29(11-9-27)30-14-17-35(3)31(28(30)2)15-18-37(5)34(35)13-12-32-33-7-6-16-38(33,20-19-36(32,37)4)39-21-22-40-23-25-42(41)26-24-40;1-3-2;1-2/h10,14,27-28,31-34,39H,6-9,11-13,15-26H2,1-5H3;3H,1H2,2H3;1-2H3/t27?,28?,31?,32?,33-,34?,35?,36-,37?,38?;;/m1../s1. The molecule has 1 aliphatic heterocycles. The van der Waals surface area contributed by atoms with Gasteiger partial charge in [-0.2, -0.15) is 0 Å². The summed E-state index contributed by atoms with van der Waals surface area (Å²) < 4.78 is 11.8. The van der Waals surface area contributed by atoms with E-state index in [4.69, 9.17) is 0 Å². The first-order valence-corrected chi connectivity index (χ1v) is 21.8. The average molecular weight is 667 g/mol. The number of nitrogens with one attached hydrogen (secondary N) is 1. The Bertz CT molecular complexity index is 1170. The Morgan fingerprint density at radius 1 is 0.915 bits per heavy atom. The van der Waals surface area contributed by atoms with Gasteiger partial charge in [-0.1, -0.05) is 73.1 Å². The van der Waals surface area contributed by atoms with Crippen LogP contribution in [0.15, 0.2) is 36.0 Å². The zero-order valence-corrected chi connectivity index (χ0v) is 32.9. The maximum absolute atomic E-state index is 11.8. The van der Waals surface area contributed by atoms with Gasteiger partial charge in [0, 0.05) is 54.0 Å². The second-order valence-corrected chi connectivity index (χ2v) is 19.4. The first-order valence-electron chi connectivity index (χ1n) is 20.3. The third kappa shape index (κ3) is 6.73. The van der Waals surface area contributed by atoms with E-state index >= 15 is 0 Å². The van der Waals surface area contributed by atoms with Crippen LogP contribution in [0.3, 0.4) is 0 Å². The Morgan fingerprint density at radius 2 is 1.64 bits per heavy atom. The van der Waals surface area contributed by atoms with E-state index in [1.165, 1.54) is 83.5 Å². The highest BCUT2D eigenvalue weighted by molar-refractivity contribution is 7.85. The van der Waals surface area contributed by atoms with Gasteiger partial charge in [-0.05, 0) is 147 Å². The minimum atomic E-state index is -0.573. The van der Waals surface area contributed by atoms with Crippen LogP contribution in [-0.4, -0.2) is 52.3 Å². The van der Waals surface area contributed by atoms with Crippen molar-refractivity contribution in [2.45, 2.75) is 144 Å². The molecular weight excluding hydrogens is 593 g/mol. The molecule has 0 spiro atoms. The summed E-state index contributed by atoms with van der Waals surface area (Å²) in [6, 6.07) is 0. The van der Waals surface area contributed by atoms with Gasteiger partial charge in [-0.3, -0.25) is 4.21 Å². The van der Waals surface area contributed by atoms with Crippen molar-refractivity contribution in [3.8, 4) is 0 Å². The van der Waals surface area contributed by atoms with E-state index in [0.29, 0.717) is 21.8 Å². The van der Waals surface area contributed by atoms with E-state index < -0.39 is 10.8 Å². The van der Waals surface area contributed by atoms with E-state index in [1.54, 1.807) is 17.2 Å². The van der Waals surface area contributed by atoms with Crippen molar-refractivity contribution in [1.29, 1.82) is 0 Å². The van der Waals surface area contributed by atoms with E-state index in [-0.39, 0.29) is 0 Å². The van der Waals surface area contributed by atoms with Gasteiger partial charge in [-0.25, -0.2) is 0 Å². The third-order valence-corrected chi connectivity index (χ3v) is 17.1. The molecule has 4 heteroatoms. The van der Waals surface area contributed by atoms with Crippen molar-refractivity contribution >= 4 is 10.8 Å². The molecule has 6 aliphatic carbocycles. The minimum Gasteiger partial charge on any atom is -0.310 e. The lowest BCUT2D eigenvalue weighted by Crippen LogP contribution is -2.67. The van der Waals surface area contributed by atoms with Gasteiger partial charge in [0.1, 0.15) is 0 Å². The van der Waals surface area contributed by atoms with Crippen molar-refractivity contribution in [2.75, 3.05) is 37.7 Å². The molecule has 7 rings (SSSR count). The summed E-state index contributed by atoms with van der Waals surface area (Å²) in [5.41, 5.74) is 5.28. The Balaban J connectivity index is 0.000000822. The van der Waals surface area contributed by atoms with Crippen LogP contribution in [0.4, 0.5) is 0 Å². The first-order chi connectivity index (χ1) is 22.5. The molecule has 3 nitrogen and oxygen atoms in total. The highest BCUT2D eigenvalue weighted by Crippen LogP contribution is 2.75. The SMILES string of the molecule is C=CC.CC.CC1CC=C(C2=CCC3(C)C(CCC4(C)C3CCC3[C@H]5CCCC5(NCCN5CCS(=O)CC5)CC[C@]34C)C2C)CC1. The van der Waals surface area contributed by atoms with E-state index in [9.17, 15) is 4.21 Å². The summed E-state index contributed by atoms with van der Waals surface area (Å²) in [5.74, 6) is 6.85. The molecule has 0 bridgehead atoms. The van der Waals surface area contributed by atoms with Gasteiger partial charge < -0.3 is 10.2 Å². The van der Waals surface area contributed by atoms with Crippen molar-refractivity contribution < 1.29 is 4.21 Å². The van der Waals surface area contributed by atoms with Gasteiger partial charge in [-0.15, -0.1) is 6.58 Å². The molecule has 0 aromatic carbocycles. The maximum atomic E-state index is 11.8. The van der Waals surface area contributed by atoms with E-state index in [0.717, 1.165) is 73.2 Å². The molecular formula is C43H74N2OS. The van der Waals surface area contributed by atoms with Crippen LogP contribution in [0.25, 0.3) is 0 Å². The third-order valence-electron chi connectivity index (χ3n) is 15.8. The zero-order chi connectivity index (χ0) is 34.0. The van der Waals surface area contributed by atoms with Crippen LogP contribution in [0.1, 0.15) is 139 Å². The minimum absolute atomic E-state index is 0.384. The van der Waals surface area contributed by atoms with Gasteiger partial charge in [0.15, 0.2) is 0 Å². The number of hydrogen-bond donors (Lipinski definition) is 1. The fraction of sp³-hybridized carbons (Fsp3) is 0.860. The summed E-state index contributed by atoms with van der Waals surface area (Å²) in [5, 5.41) is 4.26. The van der Waals surface area contributed by atoms with Gasteiger partial charge in [0.05, 0.1) is 0 Å². The fourth-order valence-corrected chi connectivity index (χ4v) is 14.3. The lowest BCUT2D eigenvalue weighted by atomic mass is 9.34. The maximum Gasteiger partial charge on any atom is 0.0363 e. The summed E-state index contributed by atoms with van der Waals surface area (Å²) in [6.07, 6.45) is 25.4. The Kier molecular flexibility index (Phi) is 12.2. The molecule has 10 atom stereocenters. The van der Waals surface area contributed by atoms with Crippen LogP contribution < -0.4 is 5.32 Å². The molecule has 0 aromatic heterocycles. The number of nitrogens with zero attached hydrogens (tertiary/aromatic N) is 1. The Labute approximate surface area is 294 Å². The summed E-state index contributed by atoms with van der Waals surface area (Å²) in [4.78, 5) is 2.56. The quantitative estimate of drug-likeness (QED) is 0.297. The van der Waals surface area contributed by atoms with Crippen LogP contribution in [0.5, 0.6) is 0 Å². The molecule has 1 heterocycles. The molecule has 8 unspecified atom stereocenters. The van der Waals surface area contributed by atoms with Crippen LogP contribution in [0, 0.1) is 51.8 Å². The Hall–Kier alpha value is -0.710. The first kappa shape index (κ1) is 37.5. The zero-order valence-electron chi connectivity index (χ0n) is 32.1. The highest BCUT2D eigenvalue weighted by Gasteiger charge is 2.68. The van der Waals surface area contributed by atoms with E-state index in [1.807, 2.05) is 20.8 Å². The normalized spacial score (nSPS) is 44.9. The molecule has 1 saturated heterocycles. The second-order valence-electron chi connectivity index (χ2n) is 17.7. The van der Waals surface area contributed by atoms with Crippen LogP contribution >= 0.6 is 0 Å². The molecule has 5 fully saturated rings. The lowest BCUT2D eigenvalue weighted by Gasteiger charge is -2.71. The number of rotatable bonds is 5. The van der Waals surface area contributed by atoms with Crippen molar-refractivity contribution in [1.82, 2.24) is 10.2 Å². The summed E-state index contributed by atoms with van der Waals surface area (Å²) in [7, 11) is -0.573. The monoisotopic (exact) mass is 667 g/mol. The number of fused-ring (bicyclic) bond motifs is 7. The van der Waals surface area contributed by atoms with Gasteiger partial charge in [0.25, 0.3) is 0 Å². The molecule has 1 N–H and O–H groups in total. The van der Waals surface area contributed by atoms with Crippen molar-refractivity contribution in [3.05, 3.63) is 36.0 Å². The lowest BCUT2D eigenvalue weighted by molar-refractivity contribution is -0.212. The van der Waals surface area contributed by atoms with Crippen LogP contribution in [-0.2, 0) is 10.8 Å². The Morgan fingerprint density at radius 3 is 2.32 bits per heavy atom. The molecule has 0 amide bonds. The molecule has 0 radical (unpaired) electrons. The predicted molar refractivity (Wildman–Crippen MR) is 205 cm³/mol. The van der Waals surface area contributed by atoms with Crippen molar-refractivity contribution in [3.63, 3.8) is 0 Å². The smallest absolute Gasteiger partial charge is 0.0363 e. The number of hydrogen-bond acceptors (Lipinski definition) is 3. The summed E-state index contributed by atoms with van der Waals surface area (Å²) >= 11 is 0. The molecule has 4 saturated carbocycles. The van der Waals surface area contributed by atoms with Gasteiger partial charge in [0.2, 0.25) is 0 Å². The fourth-order valence-electron chi connectivity index (χ4n) is 13.1. The predicted octanol–water partition coefficient (Wildman–Crippen LogP) is 10.4. The van der Waals surface area contributed by atoms with Crippen LogP contribution in [0.2, 0.25) is 0 Å². The average Bonchev–Trinajstić information content (AvgIpc) is 3.48. The molecule has 7 aliphatic rings. The summed E-state index contributed by atoms with van der Waals surface area (Å²) in [6.45, 7) is 27.0. The molecule has 268 valence electrons. The van der Waals surface area contributed by atoms with Crippen molar-refractivity contribution in [2.24, 2.45) is 51.8 Å². The second kappa shape index (κ2) is 15.3. The number of allylic oxidation sites excluding steroid dienone is 5. The van der Waals surface area contributed by atoms with Gasteiger partial charge >= 0.3 is 0 Å². The highest BCUT2D eigenvalue weighted by atomic mass is 32.2. The largest absolute Gasteiger partial charge is 0.310 e.